The SMILES string of the molecule is COc1cccc(NC(=O)COC(=O)CN2C(=O)[C@@H]3CC=CC[C@H]3C2=O)c1. The van der Waals surface area contributed by atoms with Gasteiger partial charge in [0.15, 0.2) is 6.61 Å². The van der Waals surface area contributed by atoms with Crippen LogP contribution in [0.5, 0.6) is 5.75 Å². The molecule has 27 heavy (non-hydrogen) atoms. The molecule has 1 aliphatic heterocycles. The number of esters is 1. The van der Waals surface area contributed by atoms with Gasteiger partial charge >= 0.3 is 5.97 Å². The quantitative estimate of drug-likeness (QED) is 0.456. The van der Waals surface area contributed by atoms with Gasteiger partial charge in [0, 0.05) is 11.8 Å². The van der Waals surface area contributed by atoms with Gasteiger partial charge in [-0.1, -0.05) is 18.2 Å². The lowest BCUT2D eigenvalue weighted by Crippen LogP contribution is -2.37. The molecule has 1 saturated heterocycles. The highest BCUT2D eigenvalue weighted by Gasteiger charge is 2.47. The molecule has 1 aromatic carbocycles. The van der Waals surface area contributed by atoms with Crippen molar-refractivity contribution in [2.75, 3.05) is 25.6 Å². The molecule has 0 bridgehead atoms. The molecule has 1 N–H and O–H groups in total. The third-order valence-electron chi connectivity index (χ3n) is 4.60. The Bertz CT molecular complexity index is 777. The predicted octanol–water partition coefficient (Wildman–Crippen LogP) is 1.13. The van der Waals surface area contributed by atoms with Gasteiger partial charge in [0.1, 0.15) is 12.3 Å². The van der Waals surface area contributed by atoms with Crippen LogP contribution in [0.25, 0.3) is 0 Å². The summed E-state index contributed by atoms with van der Waals surface area (Å²) >= 11 is 0. The van der Waals surface area contributed by atoms with Gasteiger partial charge in [-0.05, 0) is 25.0 Å². The average Bonchev–Trinajstić information content (AvgIpc) is 2.92. The molecule has 3 rings (SSSR count). The van der Waals surface area contributed by atoms with Crippen molar-refractivity contribution in [3.05, 3.63) is 36.4 Å². The van der Waals surface area contributed by atoms with Crippen molar-refractivity contribution in [3.63, 3.8) is 0 Å². The van der Waals surface area contributed by atoms with Crippen LogP contribution in [-0.2, 0) is 23.9 Å². The number of likely N-dealkylation sites (tertiary alicyclic amines) is 1. The summed E-state index contributed by atoms with van der Waals surface area (Å²) in [5.41, 5.74) is 0.497. The molecule has 8 heteroatoms. The number of hydrogen-bond donors (Lipinski definition) is 1. The summed E-state index contributed by atoms with van der Waals surface area (Å²) in [6.45, 7) is -0.988. The molecule has 1 heterocycles. The molecular formula is C19H20N2O6. The Morgan fingerprint density at radius 2 is 1.81 bits per heavy atom. The van der Waals surface area contributed by atoms with E-state index in [1.807, 2.05) is 12.2 Å². The zero-order valence-electron chi connectivity index (χ0n) is 14.8. The fourth-order valence-corrected chi connectivity index (χ4v) is 3.24. The molecule has 1 fully saturated rings. The number of hydrogen-bond acceptors (Lipinski definition) is 6. The van der Waals surface area contributed by atoms with Gasteiger partial charge in [0.25, 0.3) is 5.91 Å². The molecule has 8 nitrogen and oxygen atoms in total. The highest BCUT2D eigenvalue weighted by molar-refractivity contribution is 6.07. The van der Waals surface area contributed by atoms with E-state index in [9.17, 15) is 19.2 Å². The molecule has 2 aliphatic rings. The molecular weight excluding hydrogens is 352 g/mol. The number of fused-ring (bicyclic) bond motifs is 1. The number of imide groups is 1. The number of nitrogens with zero attached hydrogens (tertiary/aromatic N) is 1. The van der Waals surface area contributed by atoms with Crippen molar-refractivity contribution in [1.82, 2.24) is 4.90 Å². The predicted molar refractivity (Wildman–Crippen MR) is 94.7 cm³/mol. The lowest BCUT2D eigenvalue weighted by molar-refractivity contribution is -0.154. The maximum absolute atomic E-state index is 12.3. The van der Waals surface area contributed by atoms with Crippen LogP contribution in [0.15, 0.2) is 36.4 Å². The highest BCUT2D eigenvalue weighted by Crippen LogP contribution is 2.34. The minimum atomic E-state index is -0.802. The van der Waals surface area contributed by atoms with Crippen LogP contribution in [0.1, 0.15) is 12.8 Å². The first-order chi connectivity index (χ1) is 13.0. The zero-order valence-corrected chi connectivity index (χ0v) is 14.8. The molecule has 142 valence electrons. The largest absolute Gasteiger partial charge is 0.497 e. The van der Waals surface area contributed by atoms with Crippen molar-refractivity contribution < 1.29 is 28.7 Å². The molecule has 0 unspecified atom stereocenters. The number of ether oxygens (including phenoxy) is 2. The Balaban J connectivity index is 1.49. The summed E-state index contributed by atoms with van der Waals surface area (Å²) in [5.74, 6) is -2.26. The molecule has 0 spiro atoms. The van der Waals surface area contributed by atoms with Crippen molar-refractivity contribution in [2.45, 2.75) is 12.8 Å². The van der Waals surface area contributed by atoms with E-state index < -0.39 is 36.9 Å². The summed E-state index contributed by atoms with van der Waals surface area (Å²) in [6.07, 6.45) is 4.75. The van der Waals surface area contributed by atoms with Crippen LogP contribution in [0, 0.1) is 11.8 Å². The minimum absolute atomic E-state index is 0.355. The third-order valence-corrected chi connectivity index (χ3v) is 4.60. The van der Waals surface area contributed by atoms with E-state index in [1.54, 1.807) is 24.3 Å². The van der Waals surface area contributed by atoms with Gasteiger partial charge in [-0.15, -0.1) is 0 Å². The van der Waals surface area contributed by atoms with Gasteiger partial charge in [-0.2, -0.15) is 0 Å². The summed E-state index contributed by atoms with van der Waals surface area (Å²) in [6, 6.07) is 6.73. The first kappa shape index (κ1) is 18.6. The number of nitrogens with one attached hydrogen (secondary N) is 1. The Morgan fingerprint density at radius 1 is 1.15 bits per heavy atom. The molecule has 2 atom stereocenters. The van der Waals surface area contributed by atoms with Crippen LogP contribution in [0.2, 0.25) is 0 Å². The highest BCUT2D eigenvalue weighted by atomic mass is 16.5. The van der Waals surface area contributed by atoms with Crippen molar-refractivity contribution in [2.24, 2.45) is 11.8 Å². The second kappa shape index (κ2) is 8.03. The second-order valence-corrected chi connectivity index (χ2v) is 6.36. The van der Waals surface area contributed by atoms with E-state index in [0.717, 1.165) is 4.90 Å². The van der Waals surface area contributed by atoms with E-state index in [2.05, 4.69) is 5.32 Å². The lowest BCUT2D eigenvalue weighted by atomic mass is 9.85. The van der Waals surface area contributed by atoms with Crippen LogP contribution in [-0.4, -0.2) is 48.9 Å². The van der Waals surface area contributed by atoms with E-state index >= 15 is 0 Å². The first-order valence-corrected chi connectivity index (χ1v) is 8.59. The van der Waals surface area contributed by atoms with E-state index in [4.69, 9.17) is 9.47 Å². The van der Waals surface area contributed by atoms with E-state index in [-0.39, 0.29) is 11.8 Å². The summed E-state index contributed by atoms with van der Waals surface area (Å²) in [4.78, 5) is 49.4. The molecule has 1 aliphatic carbocycles. The Kier molecular flexibility index (Phi) is 5.54. The molecule has 0 saturated carbocycles. The topological polar surface area (TPSA) is 102 Å². The van der Waals surface area contributed by atoms with Crippen molar-refractivity contribution in [1.29, 1.82) is 0 Å². The molecule has 0 radical (unpaired) electrons. The number of benzene rings is 1. The van der Waals surface area contributed by atoms with Gasteiger partial charge in [-0.3, -0.25) is 24.1 Å². The van der Waals surface area contributed by atoms with Gasteiger partial charge < -0.3 is 14.8 Å². The molecule has 1 aromatic rings. The van der Waals surface area contributed by atoms with Gasteiger partial charge in [0.2, 0.25) is 11.8 Å². The Morgan fingerprint density at radius 3 is 2.44 bits per heavy atom. The van der Waals surface area contributed by atoms with Crippen molar-refractivity contribution in [3.8, 4) is 5.75 Å². The van der Waals surface area contributed by atoms with E-state index in [1.165, 1.54) is 7.11 Å². The average molecular weight is 372 g/mol. The standard InChI is InChI=1S/C19H20N2O6/c1-26-13-6-4-5-12(9-13)20-16(22)11-27-17(23)10-21-18(24)14-7-2-3-8-15(14)19(21)25/h2-6,9,14-15H,7-8,10-11H2,1H3,(H,20,22)/t14-,15-/m1/s1. The zero-order chi connectivity index (χ0) is 19.4. The fourth-order valence-electron chi connectivity index (χ4n) is 3.24. The molecule has 0 aromatic heterocycles. The number of amides is 3. The monoisotopic (exact) mass is 372 g/mol. The third kappa shape index (κ3) is 4.16. The molecule has 3 amide bonds. The Labute approximate surface area is 156 Å². The van der Waals surface area contributed by atoms with E-state index in [0.29, 0.717) is 24.3 Å². The summed E-state index contributed by atoms with van der Waals surface area (Å²) in [5, 5.41) is 2.57. The number of rotatable bonds is 6. The number of anilines is 1. The maximum atomic E-state index is 12.3. The van der Waals surface area contributed by atoms with Crippen LogP contribution in [0.4, 0.5) is 5.69 Å². The Hall–Kier alpha value is -3.16. The first-order valence-electron chi connectivity index (χ1n) is 8.59. The second-order valence-electron chi connectivity index (χ2n) is 6.36. The smallest absolute Gasteiger partial charge is 0.326 e. The van der Waals surface area contributed by atoms with Crippen molar-refractivity contribution >= 4 is 29.4 Å². The lowest BCUT2D eigenvalue weighted by Gasteiger charge is -2.14. The van der Waals surface area contributed by atoms with Crippen LogP contribution in [0.3, 0.4) is 0 Å². The summed E-state index contributed by atoms with van der Waals surface area (Å²) < 4.78 is 9.96. The fraction of sp³-hybridized carbons (Fsp3) is 0.368. The number of carbonyl (C=O) groups is 4. The summed E-state index contributed by atoms with van der Waals surface area (Å²) in [7, 11) is 1.51. The number of carbonyl (C=O) groups excluding carboxylic acids is 4. The van der Waals surface area contributed by atoms with Crippen LogP contribution < -0.4 is 10.1 Å². The number of allylic oxidation sites excluding steroid dienone is 2. The van der Waals surface area contributed by atoms with Gasteiger partial charge in [0.05, 0.1) is 18.9 Å². The van der Waals surface area contributed by atoms with Gasteiger partial charge in [-0.25, -0.2) is 0 Å². The maximum Gasteiger partial charge on any atom is 0.326 e. The normalized spacial score (nSPS) is 21.0. The number of methoxy groups -OCH3 is 1. The van der Waals surface area contributed by atoms with Crippen LogP contribution >= 0.6 is 0 Å². The minimum Gasteiger partial charge on any atom is -0.497 e.